The van der Waals surface area contributed by atoms with Gasteiger partial charge in [-0.15, -0.1) is 0 Å². The number of aromatic amines is 2. The second-order valence-electron chi connectivity index (χ2n) is 7.36. The Bertz CT molecular complexity index is 1150. The van der Waals surface area contributed by atoms with E-state index in [1.807, 2.05) is 0 Å². The van der Waals surface area contributed by atoms with Gasteiger partial charge in [0.05, 0.1) is 4.90 Å². The first-order valence-electron chi connectivity index (χ1n) is 8.91. The molecule has 2 aliphatic heterocycles. The number of hydrogen-bond acceptors (Lipinski definition) is 4. The molecule has 2 saturated heterocycles. The van der Waals surface area contributed by atoms with Crippen LogP contribution in [0.2, 0.25) is 0 Å². The average molecular weight is 372 g/mol. The van der Waals surface area contributed by atoms with Crippen molar-refractivity contribution in [1.29, 1.82) is 0 Å². The van der Waals surface area contributed by atoms with E-state index >= 15 is 0 Å². The molecule has 0 radical (unpaired) electrons. The maximum atomic E-state index is 12.9. The van der Waals surface area contributed by atoms with Gasteiger partial charge in [0.1, 0.15) is 5.52 Å². The molecule has 2 fully saturated rings. The molecule has 26 heavy (non-hydrogen) atoms. The Labute approximate surface area is 150 Å². The van der Waals surface area contributed by atoms with Crippen molar-refractivity contribution in [3.05, 3.63) is 40.8 Å². The highest BCUT2D eigenvalue weighted by Gasteiger charge is 2.35. The van der Waals surface area contributed by atoms with Gasteiger partial charge in [0.2, 0.25) is 10.0 Å². The number of hydrogen-bond donors (Lipinski definition) is 4. The van der Waals surface area contributed by atoms with Crippen LogP contribution in [0.4, 0.5) is 0 Å². The van der Waals surface area contributed by atoms with E-state index in [4.69, 9.17) is 0 Å². The van der Waals surface area contributed by atoms with Crippen molar-refractivity contribution >= 4 is 31.8 Å². The minimum atomic E-state index is -3.61. The number of benzene rings is 1. The zero-order valence-electron chi connectivity index (χ0n) is 14.1. The zero-order chi connectivity index (χ0) is 17.9. The number of sulfonamides is 1. The van der Waals surface area contributed by atoms with Crippen LogP contribution in [0.25, 0.3) is 21.8 Å². The van der Waals surface area contributed by atoms with Gasteiger partial charge in [-0.1, -0.05) is 0 Å². The van der Waals surface area contributed by atoms with E-state index in [2.05, 4.69) is 20.0 Å². The molecule has 2 aliphatic rings. The fraction of sp³-hybridized carbons (Fsp3) is 0.389. The standard InChI is InChI=1S/C18H20N4O3S/c23-18-17-14(5-6-19-17)15-9-13(3-4-16(15)21-18)26(24,25)22-12-7-10-1-2-11(8-12)20-10/h3-6,9-12,19-20,22H,1-2,7-8H2,(H,21,23). The molecule has 8 heteroatoms. The summed E-state index contributed by atoms with van der Waals surface area (Å²) >= 11 is 0. The molecule has 4 heterocycles. The molecule has 0 amide bonds. The molecule has 1 aromatic carbocycles. The molecule has 0 spiro atoms. The van der Waals surface area contributed by atoms with E-state index in [-0.39, 0.29) is 16.5 Å². The van der Waals surface area contributed by atoms with E-state index in [9.17, 15) is 13.2 Å². The summed E-state index contributed by atoms with van der Waals surface area (Å²) in [6.45, 7) is 0. The Hall–Kier alpha value is -2.16. The number of aromatic nitrogens is 2. The Morgan fingerprint density at radius 2 is 1.81 bits per heavy atom. The van der Waals surface area contributed by atoms with Gasteiger partial charge in [-0.25, -0.2) is 13.1 Å². The lowest BCUT2D eigenvalue weighted by Gasteiger charge is -2.29. The van der Waals surface area contributed by atoms with Crippen LogP contribution in [-0.2, 0) is 10.0 Å². The minimum absolute atomic E-state index is 0.0303. The quantitative estimate of drug-likeness (QED) is 0.560. The molecule has 3 aromatic rings. The summed E-state index contributed by atoms with van der Waals surface area (Å²) in [5, 5.41) is 4.96. The average Bonchev–Trinajstić information content (AvgIpc) is 3.21. The Balaban J connectivity index is 1.53. The lowest BCUT2D eigenvalue weighted by molar-refractivity contribution is 0.345. The maximum absolute atomic E-state index is 12.9. The molecule has 7 nitrogen and oxygen atoms in total. The van der Waals surface area contributed by atoms with Gasteiger partial charge in [0.15, 0.2) is 0 Å². The van der Waals surface area contributed by atoms with Gasteiger partial charge in [-0.05, 0) is 49.9 Å². The molecule has 0 saturated carbocycles. The topological polar surface area (TPSA) is 107 Å². The highest BCUT2D eigenvalue weighted by molar-refractivity contribution is 7.89. The summed E-state index contributed by atoms with van der Waals surface area (Å²) in [5.41, 5.74) is 0.868. The molecule has 2 aromatic heterocycles. The van der Waals surface area contributed by atoms with Crippen LogP contribution >= 0.6 is 0 Å². The van der Waals surface area contributed by atoms with Crippen molar-refractivity contribution in [3.8, 4) is 0 Å². The molecule has 2 atom stereocenters. The first kappa shape index (κ1) is 16.0. The zero-order valence-corrected chi connectivity index (χ0v) is 14.9. The van der Waals surface area contributed by atoms with E-state index in [0.29, 0.717) is 28.5 Å². The van der Waals surface area contributed by atoms with Gasteiger partial charge >= 0.3 is 0 Å². The van der Waals surface area contributed by atoms with Gasteiger partial charge in [0.25, 0.3) is 5.56 Å². The number of fused-ring (bicyclic) bond motifs is 5. The molecule has 4 N–H and O–H groups in total. The maximum Gasteiger partial charge on any atom is 0.272 e. The van der Waals surface area contributed by atoms with Crippen LogP contribution in [-0.4, -0.2) is 36.5 Å². The summed E-state index contributed by atoms with van der Waals surface area (Å²) in [4.78, 5) is 18.0. The van der Waals surface area contributed by atoms with Gasteiger partial charge in [-0.2, -0.15) is 0 Å². The second-order valence-corrected chi connectivity index (χ2v) is 9.07. The number of H-pyrrole nitrogens is 2. The lowest BCUT2D eigenvalue weighted by Crippen LogP contribution is -2.47. The SMILES string of the molecule is O=c1[nH]c2ccc(S(=O)(=O)NC3CC4CCC(C3)N4)cc2c2cc[nH]c12. The van der Waals surface area contributed by atoms with Gasteiger partial charge < -0.3 is 15.3 Å². The van der Waals surface area contributed by atoms with E-state index in [1.165, 1.54) is 0 Å². The highest BCUT2D eigenvalue weighted by atomic mass is 32.2. The van der Waals surface area contributed by atoms with Crippen LogP contribution in [0.1, 0.15) is 25.7 Å². The summed E-state index contributed by atoms with van der Waals surface area (Å²) in [5.74, 6) is 0. The van der Waals surface area contributed by atoms with Crippen LogP contribution in [0.3, 0.4) is 0 Å². The number of nitrogens with one attached hydrogen (secondary N) is 4. The molecule has 2 bridgehead atoms. The van der Waals surface area contributed by atoms with Crippen LogP contribution in [0.15, 0.2) is 40.2 Å². The molecular weight excluding hydrogens is 352 g/mol. The smallest absolute Gasteiger partial charge is 0.272 e. The predicted octanol–water partition coefficient (Wildman–Crippen LogP) is 1.57. The number of rotatable bonds is 3. The fourth-order valence-electron chi connectivity index (χ4n) is 4.43. The third-order valence-corrected chi connectivity index (χ3v) is 7.13. The van der Waals surface area contributed by atoms with Crippen molar-refractivity contribution in [2.24, 2.45) is 0 Å². The molecule has 0 aliphatic carbocycles. The monoisotopic (exact) mass is 372 g/mol. The predicted molar refractivity (Wildman–Crippen MR) is 99.7 cm³/mol. The Kier molecular flexibility index (Phi) is 3.50. The van der Waals surface area contributed by atoms with Crippen LogP contribution < -0.4 is 15.6 Å². The Morgan fingerprint density at radius 1 is 1.04 bits per heavy atom. The Morgan fingerprint density at radius 3 is 2.58 bits per heavy atom. The highest BCUT2D eigenvalue weighted by Crippen LogP contribution is 2.28. The van der Waals surface area contributed by atoms with E-state index < -0.39 is 10.0 Å². The molecule has 2 unspecified atom stereocenters. The first-order valence-corrected chi connectivity index (χ1v) is 10.4. The molecule has 5 rings (SSSR count). The van der Waals surface area contributed by atoms with Crippen molar-refractivity contribution in [1.82, 2.24) is 20.0 Å². The third-order valence-electron chi connectivity index (χ3n) is 5.61. The van der Waals surface area contributed by atoms with Gasteiger partial charge in [0, 0.05) is 40.6 Å². The first-order chi connectivity index (χ1) is 12.5. The lowest BCUT2D eigenvalue weighted by atomic mass is 10.0. The second kappa shape index (κ2) is 5.67. The van der Waals surface area contributed by atoms with Gasteiger partial charge in [-0.3, -0.25) is 4.79 Å². The fourth-order valence-corrected chi connectivity index (χ4v) is 5.72. The molecular formula is C18H20N4O3S. The summed E-state index contributed by atoms with van der Waals surface area (Å²) < 4.78 is 28.7. The minimum Gasteiger partial charge on any atom is -0.357 e. The summed E-state index contributed by atoms with van der Waals surface area (Å²) in [6, 6.07) is 7.45. The normalized spacial score (nSPS) is 25.9. The number of pyridine rings is 1. The van der Waals surface area contributed by atoms with Crippen molar-refractivity contribution in [2.75, 3.05) is 0 Å². The van der Waals surface area contributed by atoms with E-state index in [1.54, 1.807) is 30.5 Å². The van der Waals surface area contributed by atoms with Crippen molar-refractivity contribution < 1.29 is 8.42 Å². The number of piperidine rings is 1. The van der Waals surface area contributed by atoms with Crippen molar-refractivity contribution in [2.45, 2.75) is 48.7 Å². The third kappa shape index (κ3) is 2.56. The summed E-state index contributed by atoms with van der Waals surface area (Å²) in [7, 11) is -3.61. The molecule has 136 valence electrons. The van der Waals surface area contributed by atoms with Crippen LogP contribution in [0, 0.1) is 0 Å². The van der Waals surface area contributed by atoms with Crippen molar-refractivity contribution in [3.63, 3.8) is 0 Å². The summed E-state index contributed by atoms with van der Waals surface area (Å²) in [6.07, 6.45) is 5.59. The largest absolute Gasteiger partial charge is 0.357 e. The van der Waals surface area contributed by atoms with Crippen LogP contribution in [0.5, 0.6) is 0 Å². The van der Waals surface area contributed by atoms with E-state index in [0.717, 1.165) is 31.1 Å².